The largest absolute Gasteiger partial charge is 0.324 e. The molecule has 1 atom stereocenters. The lowest BCUT2D eigenvalue weighted by atomic mass is 10.0. The summed E-state index contributed by atoms with van der Waals surface area (Å²) in [5, 5.41) is 4.02. The summed E-state index contributed by atoms with van der Waals surface area (Å²) in [7, 11) is 0. The standard InChI is InChI=1S/C21H15Cl2N3O2/c22-14-4-8-16(9-5-14)24-21(28)20-18-3-1-2-12-25(18)13-19(27)26(20)17-10-6-15(23)7-11-17/h1-12,20H,13H2/p+1. The number of anilines is 2. The van der Waals surface area contributed by atoms with Crippen LogP contribution in [0.4, 0.5) is 11.4 Å². The maximum Gasteiger partial charge on any atom is 0.294 e. The molecule has 7 heteroatoms. The summed E-state index contributed by atoms with van der Waals surface area (Å²) in [6.07, 6.45) is 1.80. The van der Waals surface area contributed by atoms with Gasteiger partial charge in [0.15, 0.2) is 6.20 Å². The third kappa shape index (κ3) is 3.59. The normalized spacial score (nSPS) is 15.9. The van der Waals surface area contributed by atoms with Gasteiger partial charge in [-0.05, 0) is 48.5 Å². The molecule has 1 aromatic heterocycles. The summed E-state index contributed by atoms with van der Waals surface area (Å²) in [6.45, 7) is 0.156. The Bertz CT molecular complexity index is 1040. The van der Waals surface area contributed by atoms with E-state index in [1.807, 2.05) is 18.2 Å². The molecule has 2 heterocycles. The zero-order valence-corrected chi connectivity index (χ0v) is 16.2. The number of halogens is 2. The lowest BCUT2D eigenvalue weighted by Crippen LogP contribution is -2.58. The van der Waals surface area contributed by atoms with E-state index in [4.69, 9.17) is 23.2 Å². The van der Waals surface area contributed by atoms with Gasteiger partial charge in [-0.15, -0.1) is 0 Å². The maximum atomic E-state index is 13.2. The third-order valence-corrected chi connectivity index (χ3v) is 5.06. The van der Waals surface area contributed by atoms with Crippen LogP contribution in [-0.2, 0) is 16.1 Å². The molecular weight excluding hydrogens is 397 g/mol. The lowest BCUT2D eigenvalue weighted by molar-refractivity contribution is -0.695. The number of hydrogen-bond donors (Lipinski definition) is 1. The lowest BCUT2D eigenvalue weighted by Gasteiger charge is -2.32. The van der Waals surface area contributed by atoms with E-state index in [1.54, 1.807) is 59.3 Å². The Labute approximate surface area is 172 Å². The number of nitrogens with one attached hydrogen (secondary N) is 1. The Morgan fingerprint density at radius 3 is 2.29 bits per heavy atom. The average Bonchev–Trinajstić information content (AvgIpc) is 2.69. The number of aromatic nitrogens is 1. The van der Waals surface area contributed by atoms with E-state index < -0.39 is 6.04 Å². The van der Waals surface area contributed by atoms with Crippen LogP contribution < -0.4 is 14.8 Å². The maximum absolute atomic E-state index is 13.2. The second-order valence-electron chi connectivity index (χ2n) is 6.39. The van der Waals surface area contributed by atoms with Gasteiger partial charge in [-0.3, -0.25) is 14.5 Å². The van der Waals surface area contributed by atoms with Crippen molar-refractivity contribution >= 4 is 46.4 Å². The van der Waals surface area contributed by atoms with Crippen LogP contribution in [0.3, 0.4) is 0 Å². The zero-order chi connectivity index (χ0) is 19.7. The second kappa shape index (κ2) is 7.62. The molecule has 5 nitrogen and oxygen atoms in total. The Morgan fingerprint density at radius 1 is 0.964 bits per heavy atom. The summed E-state index contributed by atoms with van der Waals surface area (Å²) < 4.78 is 1.79. The highest BCUT2D eigenvalue weighted by atomic mass is 35.5. The third-order valence-electron chi connectivity index (χ3n) is 4.55. The average molecular weight is 413 g/mol. The molecule has 1 N–H and O–H groups in total. The van der Waals surface area contributed by atoms with E-state index in [9.17, 15) is 9.59 Å². The molecule has 0 fully saturated rings. The van der Waals surface area contributed by atoms with Crippen molar-refractivity contribution in [1.29, 1.82) is 0 Å². The minimum atomic E-state index is -0.820. The van der Waals surface area contributed by atoms with Crippen molar-refractivity contribution in [3.05, 3.63) is 88.7 Å². The van der Waals surface area contributed by atoms with Gasteiger partial charge in [-0.25, -0.2) is 0 Å². The predicted octanol–water partition coefficient (Wildman–Crippen LogP) is 4.01. The van der Waals surface area contributed by atoms with Crippen LogP contribution in [0.1, 0.15) is 11.7 Å². The molecule has 0 saturated carbocycles. The Morgan fingerprint density at radius 2 is 1.61 bits per heavy atom. The quantitative estimate of drug-likeness (QED) is 0.660. The first-order valence-electron chi connectivity index (χ1n) is 8.65. The molecule has 4 rings (SSSR count). The second-order valence-corrected chi connectivity index (χ2v) is 7.27. The van der Waals surface area contributed by atoms with Crippen molar-refractivity contribution in [3.63, 3.8) is 0 Å². The summed E-state index contributed by atoms with van der Waals surface area (Å²) in [5.41, 5.74) is 1.94. The van der Waals surface area contributed by atoms with E-state index >= 15 is 0 Å². The highest BCUT2D eigenvalue weighted by molar-refractivity contribution is 6.31. The molecule has 0 spiro atoms. The molecule has 0 bridgehead atoms. The summed E-state index contributed by atoms with van der Waals surface area (Å²) in [4.78, 5) is 27.7. The van der Waals surface area contributed by atoms with Gasteiger partial charge in [0.1, 0.15) is 0 Å². The van der Waals surface area contributed by atoms with Crippen LogP contribution in [0.15, 0.2) is 72.9 Å². The monoisotopic (exact) mass is 412 g/mol. The SMILES string of the molecule is O=C(Nc1ccc(Cl)cc1)C1c2cccc[n+]2CC(=O)N1c1ccc(Cl)cc1. The van der Waals surface area contributed by atoms with Crippen molar-refractivity contribution in [2.45, 2.75) is 12.6 Å². The van der Waals surface area contributed by atoms with Gasteiger partial charge in [0, 0.05) is 33.6 Å². The molecular formula is C21H16Cl2N3O2+. The zero-order valence-electron chi connectivity index (χ0n) is 14.7. The summed E-state index contributed by atoms with van der Waals surface area (Å²) in [5.74, 6) is -0.493. The van der Waals surface area contributed by atoms with Crippen molar-refractivity contribution in [2.75, 3.05) is 10.2 Å². The molecule has 2 amide bonds. The Balaban J connectivity index is 1.75. The van der Waals surface area contributed by atoms with Crippen molar-refractivity contribution in [2.24, 2.45) is 0 Å². The highest BCUT2D eigenvalue weighted by Gasteiger charge is 2.43. The van der Waals surface area contributed by atoms with E-state index in [0.29, 0.717) is 21.4 Å². The molecule has 2 aromatic carbocycles. The molecule has 1 unspecified atom stereocenters. The first-order valence-corrected chi connectivity index (χ1v) is 9.41. The summed E-state index contributed by atoms with van der Waals surface area (Å²) >= 11 is 11.9. The number of amides is 2. The first-order chi connectivity index (χ1) is 13.5. The Kier molecular flexibility index (Phi) is 5.03. The van der Waals surface area contributed by atoms with Crippen LogP contribution in [0.5, 0.6) is 0 Å². The smallest absolute Gasteiger partial charge is 0.294 e. The molecule has 140 valence electrons. The first kappa shape index (κ1) is 18.5. The Hall–Kier alpha value is -2.89. The number of hydrogen-bond acceptors (Lipinski definition) is 2. The molecule has 0 radical (unpaired) electrons. The summed E-state index contributed by atoms with van der Waals surface area (Å²) in [6, 6.07) is 18.4. The minimum absolute atomic E-state index is 0.156. The highest BCUT2D eigenvalue weighted by Crippen LogP contribution is 2.30. The van der Waals surface area contributed by atoms with Gasteiger partial charge >= 0.3 is 0 Å². The topological polar surface area (TPSA) is 53.3 Å². The van der Waals surface area contributed by atoms with Gasteiger partial charge in [0.25, 0.3) is 11.8 Å². The molecule has 28 heavy (non-hydrogen) atoms. The minimum Gasteiger partial charge on any atom is -0.324 e. The van der Waals surface area contributed by atoms with Gasteiger partial charge in [-0.1, -0.05) is 29.3 Å². The van der Waals surface area contributed by atoms with E-state index in [2.05, 4.69) is 5.32 Å². The fourth-order valence-electron chi connectivity index (χ4n) is 3.27. The van der Waals surface area contributed by atoms with Crippen molar-refractivity contribution in [1.82, 2.24) is 0 Å². The number of carbonyl (C=O) groups is 2. The molecule has 0 aliphatic carbocycles. The van der Waals surface area contributed by atoms with E-state index in [1.165, 1.54) is 4.90 Å². The van der Waals surface area contributed by atoms with Crippen LogP contribution in [0.2, 0.25) is 10.0 Å². The number of carbonyl (C=O) groups excluding carboxylic acids is 2. The van der Waals surface area contributed by atoms with E-state index in [0.717, 1.165) is 5.69 Å². The molecule has 1 aliphatic heterocycles. The van der Waals surface area contributed by atoms with Crippen LogP contribution in [-0.4, -0.2) is 11.8 Å². The number of nitrogens with zero attached hydrogens (tertiary/aromatic N) is 2. The van der Waals surface area contributed by atoms with Crippen LogP contribution >= 0.6 is 23.2 Å². The number of benzene rings is 2. The van der Waals surface area contributed by atoms with Gasteiger partial charge < -0.3 is 5.32 Å². The fourth-order valence-corrected chi connectivity index (χ4v) is 3.52. The molecule has 3 aromatic rings. The van der Waals surface area contributed by atoms with Crippen LogP contribution in [0, 0.1) is 0 Å². The fraction of sp³-hybridized carbons (Fsp3) is 0.0952. The van der Waals surface area contributed by atoms with Crippen molar-refractivity contribution in [3.8, 4) is 0 Å². The van der Waals surface area contributed by atoms with Gasteiger partial charge in [0.05, 0.1) is 0 Å². The van der Waals surface area contributed by atoms with Gasteiger partial charge in [0.2, 0.25) is 18.3 Å². The van der Waals surface area contributed by atoms with Crippen molar-refractivity contribution < 1.29 is 14.2 Å². The van der Waals surface area contributed by atoms with Gasteiger partial charge in [-0.2, -0.15) is 4.57 Å². The molecule has 0 saturated heterocycles. The van der Waals surface area contributed by atoms with E-state index in [-0.39, 0.29) is 18.4 Å². The number of fused-ring (bicyclic) bond motifs is 1. The predicted molar refractivity (Wildman–Crippen MR) is 108 cm³/mol. The molecule has 1 aliphatic rings. The number of pyridine rings is 1. The van der Waals surface area contributed by atoms with Crippen LogP contribution in [0.25, 0.3) is 0 Å². The number of rotatable bonds is 3.